The van der Waals surface area contributed by atoms with Crippen LogP contribution in [0.15, 0.2) is 0 Å². The molecule has 0 aromatic carbocycles. The van der Waals surface area contributed by atoms with Gasteiger partial charge in [0, 0.05) is 19.3 Å². The highest BCUT2D eigenvalue weighted by Crippen LogP contribution is 2.21. The molecule has 0 unspecified atom stereocenters. The van der Waals surface area contributed by atoms with Crippen molar-refractivity contribution in [3.63, 3.8) is 0 Å². The summed E-state index contributed by atoms with van der Waals surface area (Å²) in [6.45, 7) is 11.1. The minimum Gasteiger partial charge on any atom is -0.382 e. The van der Waals surface area contributed by atoms with Crippen molar-refractivity contribution < 1.29 is 4.74 Å². The molecule has 0 aromatic heterocycles. The van der Waals surface area contributed by atoms with E-state index in [0.29, 0.717) is 0 Å². The third-order valence-corrected chi connectivity index (χ3v) is 3.25. The van der Waals surface area contributed by atoms with Gasteiger partial charge >= 0.3 is 0 Å². The van der Waals surface area contributed by atoms with Crippen LogP contribution in [-0.2, 0) is 4.74 Å². The van der Waals surface area contributed by atoms with Gasteiger partial charge in [-0.15, -0.1) is 0 Å². The van der Waals surface area contributed by atoms with Crippen LogP contribution in [-0.4, -0.2) is 37.2 Å². The van der Waals surface area contributed by atoms with E-state index in [2.05, 4.69) is 25.7 Å². The molecule has 0 aliphatic carbocycles. The van der Waals surface area contributed by atoms with E-state index in [0.717, 1.165) is 25.2 Å². The van der Waals surface area contributed by atoms with Gasteiger partial charge in [0.15, 0.2) is 0 Å². The molecular weight excluding hydrogens is 174 g/mol. The first-order chi connectivity index (χ1) is 6.74. The predicted molar refractivity (Wildman–Crippen MR) is 60.5 cm³/mol. The van der Waals surface area contributed by atoms with E-state index >= 15 is 0 Å². The summed E-state index contributed by atoms with van der Waals surface area (Å²) in [4.78, 5) is 2.58. The fourth-order valence-corrected chi connectivity index (χ4v) is 2.15. The Hall–Kier alpha value is -0.0800. The lowest BCUT2D eigenvalue weighted by Crippen LogP contribution is -2.38. The van der Waals surface area contributed by atoms with Gasteiger partial charge in [-0.1, -0.05) is 0 Å². The largest absolute Gasteiger partial charge is 0.382 e. The normalized spacial score (nSPS) is 20.6. The SMILES string of the molecule is CCOCCC1CCN(C(C)C)CC1. The molecule has 84 valence electrons. The van der Waals surface area contributed by atoms with Crippen LogP contribution in [0.2, 0.25) is 0 Å². The molecule has 14 heavy (non-hydrogen) atoms. The summed E-state index contributed by atoms with van der Waals surface area (Å²) in [6.07, 6.45) is 4.00. The minimum absolute atomic E-state index is 0.725. The maximum Gasteiger partial charge on any atom is 0.0468 e. The van der Waals surface area contributed by atoms with Crippen LogP contribution < -0.4 is 0 Å². The molecular formula is C12H25NO. The summed E-state index contributed by atoms with van der Waals surface area (Å²) in [5.41, 5.74) is 0. The Kier molecular flexibility index (Phi) is 5.49. The molecule has 0 radical (unpaired) electrons. The first-order valence-electron chi connectivity index (χ1n) is 6.05. The van der Waals surface area contributed by atoms with Crippen molar-refractivity contribution in [3.8, 4) is 0 Å². The second kappa shape index (κ2) is 6.41. The van der Waals surface area contributed by atoms with E-state index in [1.54, 1.807) is 0 Å². The zero-order chi connectivity index (χ0) is 10.4. The number of piperidine rings is 1. The topological polar surface area (TPSA) is 12.5 Å². The smallest absolute Gasteiger partial charge is 0.0468 e. The molecule has 0 amide bonds. The summed E-state index contributed by atoms with van der Waals surface area (Å²) in [7, 11) is 0. The molecule has 0 aromatic rings. The fourth-order valence-electron chi connectivity index (χ4n) is 2.15. The van der Waals surface area contributed by atoms with Crippen molar-refractivity contribution in [1.29, 1.82) is 0 Å². The number of hydrogen-bond donors (Lipinski definition) is 0. The monoisotopic (exact) mass is 199 g/mol. The Morgan fingerprint density at radius 3 is 2.43 bits per heavy atom. The molecule has 1 aliphatic heterocycles. The number of hydrogen-bond acceptors (Lipinski definition) is 2. The van der Waals surface area contributed by atoms with Gasteiger partial charge in [-0.25, -0.2) is 0 Å². The Labute approximate surface area is 88.6 Å². The number of rotatable bonds is 5. The van der Waals surface area contributed by atoms with E-state index in [-0.39, 0.29) is 0 Å². The Bertz CT molecular complexity index is 139. The zero-order valence-electron chi connectivity index (χ0n) is 9.96. The third kappa shape index (κ3) is 3.97. The van der Waals surface area contributed by atoms with Crippen LogP contribution in [0.25, 0.3) is 0 Å². The lowest BCUT2D eigenvalue weighted by molar-refractivity contribution is 0.100. The summed E-state index contributed by atoms with van der Waals surface area (Å²) in [6, 6.07) is 0.725. The first-order valence-corrected chi connectivity index (χ1v) is 6.05. The molecule has 1 rings (SSSR count). The van der Waals surface area contributed by atoms with Gasteiger partial charge in [0.2, 0.25) is 0 Å². The van der Waals surface area contributed by atoms with Crippen molar-refractivity contribution in [1.82, 2.24) is 4.90 Å². The van der Waals surface area contributed by atoms with Gasteiger partial charge in [-0.3, -0.25) is 0 Å². The second-order valence-electron chi connectivity index (χ2n) is 4.56. The van der Waals surface area contributed by atoms with E-state index in [1.165, 1.54) is 32.4 Å². The Morgan fingerprint density at radius 1 is 1.29 bits per heavy atom. The second-order valence-corrected chi connectivity index (χ2v) is 4.56. The first kappa shape index (κ1) is 12.0. The number of nitrogens with zero attached hydrogens (tertiary/aromatic N) is 1. The van der Waals surface area contributed by atoms with Crippen LogP contribution in [0.4, 0.5) is 0 Å². The molecule has 1 saturated heterocycles. The maximum absolute atomic E-state index is 5.40. The van der Waals surface area contributed by atoms with Crippen molar-refractivity contribution >= 4 is 0 Å². The van der Waals surface area contributed by atoms with Crippen molar-refractivity contribution in [2.45, 2.75) is 46.1 Å². The van der Waals surface area contributed by atoms with Crippen LogP contribution in [0.1, 0.15) is 40.0 Å². The molecule has 0 saturated carbocycles. The average molecular weight is 199 g/mol. The average Bonchev–Trinajstić information content (AvgIpc) is 2.19. The lowest BCUT2D eigenvalue weighted by Gasteiger charge is -2.34. The summed E-state index contributed by atoms with van der Waals surface area (Å²) in [5, 5.41) is 0. The number of ether oxygens (including phenoxy) is 1. The third-order valence-electron chi connectivity index (χ3n) is 3.25. The molecule has 0 spiro atoms. The molecule has 0 atom stereocenters. The fraction of sp³-hybridized carbons (Fsp3) is 1.00. The van der Waals surface area contributed by atoms with E-state index in [4.69, 9.17) is 4.74 Å². The van der Waals surface area contributed by atoms with E-state index in [1.807, 2.05) is 0 Å². The van der Waals surface area contributed by atoms with Gasteiger partial charge in [0.1, 0.15) is 0 Å². The quantitative estimate of drug-likeness (QED) is 0.631. The van der Waals surface area contributed by atoms with Crippen LogP contribution in [0, 0.1) is 5.92 Å². The molecule has 1 fully saturated rings. The van der Waals surface area contributed by atoms with E-state index < -0.39 is 0 Å². The molecule has 0 bridgehead atoms. The van der Waals surface area contributed by atoms with Gasteiger partial charge in [-0.2, -0.15) is 0 Å². The van der Waals surface area contributed by atoms with Gasteiger partial charge in [0.25, 0.3) is 0 Å². The molecule has 1 heterocycles. The Balaban J connectivity index is 2.09. The summed E-state index contributed by atoms with van der Waals surface area (Å²) < 4.78 is 5.40. The number of likely N-dealkylation sites (tertiary alicyclic amines) is 1. The van der Waals surface area contributed by atoms with Gasteiger partial charge < -0.3 is 9.64 Å². The molecule has 2 nitrogen and oxygen atoms in total. The van der Waals surface area contributed by atoms with Crippen LogP contribution >= 0.6 is 0 Å². The standard InChI is InChI=1S/C12H25NO/c1-4-14-10-7-12-5-8-13(9-6-12)11(2)3/h11-12H,4-10H2,1-3H3. The lowest BCUT2D eigenvalue weighted by atomic mass is 9.93. The molecule has 1 aliphatic rings. The van der Waals surface area contributed by atoms with Crippen LogP contribution in [0.3, 0.4) is 0 Å². The molecule has 2 heteroatoms. The zero-order valence-corrected chi connectivity index (χ0v) is 9.96. The summed E-state index contributed by atoms with van der Waals surface area (Å²) >= 11 is 0. The van der Waals surface area contributed by atoms with Crippen molar-refractivity contribution in [3.05, 3.63) is 0 Å². The highest BCUT2D eigenvalue weighted by atomic mass is 16.5. The van der Waals surface area contributed by atoms with Crippen LogP contribution in [0.5, 0.6) is 0 Å². The highest BCUT2D eigenvalue weighted by molar-refractivity contribution is 4.74. The molecule has 0 N–H and O–H groups in total. The maximum atomic E-state index is 5.40. The van der Waals surface area contributed by atoms with Crippen molar-refractivity contribution in [2.24, 2.45) is 5.92 Å². The van der Waals surface area contributed by atoms with Crippen molar-refractivity contribution in [2.75, 3.05) is 26.3 Å². The predicted octanol–water partition coefficient (Wildman–Crippen LogP) is 2.53. The van der Waals surface area contributed by atoms with E-state index in [9.17, 15) is 0 Å². The van der Waals surface area contributed by atoms with Gasteiger partial charge in [-0.05, 0) is 59.0 Å². The summed E-state index contributed by atoms with van der Waals surface area (Å²) in [5.74, 6) is 0.913. The highest BCUT2D eigenvalue weighted by Gasteiger charge is 2.20. The Morgan fingerprint density at radius 2 is 1.93 bits per heavy atom. The van der Waals surface area contributed by atoms with Gasteiger partial charge in [0.05, 0.1) is 0 Å². The minimum atomic E-state index is 0.725.